The molecule has 1 aliphatic rings. The number of hydrogen-bond acceptors (Lipinski definition) is 9. The topological polar surface area (TPSA) is 122 Å². The Morgan fingerprint density at radius 2 is 2.00 bits per heavy atom. The van der Waals surface area contributed by atoms with Crippen molar-refractivity contribution < 1.29 is 23.9 Å². The van der Waals surface area contributed by atoms with E-state index in [1.165, 1.54) is 23.8 Å². The highest BCUT2D eigenvalue weighted by Gasteiger charge is 2.34. The minimum Gasteiger partial charge on any atom is -0.493 e. The summed E-state index contributed by atoms with van der Waals surface area (Å²) in [4.78, 5) is 43.1. The van der Waals surface area contributed by atoms with E-state index in [4.69, 9.17) is 14.2 Å². The van der Waals surface area contributed by atoms with E-state index < -0.39 is 16.9 Å². The number of fused-ring (bicyclic) bond motifs is 1. The van der Waals surface area contributed by atoms with Crippen LogP contribution >= 0.6 is 11.3 Å². The summed E-state index contributed by atoms with van der Waals surface area (Å²) in [7, 11) is 1.54. The van der Waals surface area contributed by atoms with E-state index in [-0.39, 0.29) is 29.3 Å². The van der Waals surface area contributed by atoms with Gasteiger partial charge in [-0.1, -0.05) is 56.7 Å². The lowest BCUT2D eigenvalue weighted by Crippen LogP contribution is -2.40. The molecule has 2 aromatic carbocycles. The number of unbranched alkanes of at least 4 members (excludes halogenated alkanes) is 1. The number of carbonyl (C=O) groups excluding carboxylic acids is 1. The number of nitro groups is 1. The van der Waals surface area contributed by atoms with Crippen molar-refractivity contribution in [1.82, 2.24) is 4.57 Å². The second kappa shape index (κ2) is 12.9. The predicted molar refractivity (Wildman–Crippen MR) is 156 cm³/mol. The van der Waals surface area contributed by atoms with Crippen LogP contribution in [0.15, 0.2) is 63.5 Å². The molecule has 11 heteroatoms. The minimum atomic E-state index is -0.836. The summed E-state index contributed by atoms with van der Waals surface area (Å²) in [6, 6.07) is 10.5. The van der Waals surface area contributed by atoms with Gasteiger partial charge in [0, 0.05) is 12.1 Å². The summed E-state index contributed by atoms with van der Waals surface area (Å²) in [5.41, 5.74) is 1.36. The molecule has 3 aromatic rings. The Hall–Kier alpha value is -4.25. The molecule has 1 aromatic heterocycles. The molecule has 0 N–H and O–H groups in total. The molecule has 0 aliphatic carbocycles. The lowest BCUT2D eigenvalue weighted by molar-refractivity contribution is -0.384. The Morgan fingerprint density at radius 3 is 2.68 bits per heavy atom. The van der Waals surface area contributed by atoms with Crippen LogP contribution in [0.3, 0.4) is 0 Å². The Bertz CT molecular complexity index is 1670. The van der Waals surface area contributed by atoms with Crippen molar-refractivity contribution in [1.29, 1.82) is 0 Å². The van der Waals surface area contributed by atoms with Gasteiger partial charge in [0.2, 0.25) is 0 Å². The summed E-state index contributed by atoms with van der Waals surface area (Å²) in [6.07, 6.45) is 3.47. The van der Waals surface area contributed by atoms with Crippen LogP contribution in [0.4, 0.5) is 5.69 Å². The molecule has 41 heavy (non-hydrogen) atoms. The van der Waals surface area contributed by atoms with Crippen LogP contribution in [-0.2, 0) is 9.53 Å². The van der Waals surface area contributed by atoms with Gasteiger partial charge in [-0.3, -0.25) is 19.5 Å². The maximum atomic E-state index is 13.9. The molecule has 1 aliphatic heterocycles. The molecular formula is C30H33N3O7S. The van der Waals surface area contributed by atoms with Gasteiger partial charge in [-0.25, -0.2) is 9.79 Å². The zero-order valence-electron chi connectivity index (χ0n) is 23.7. The SMILES string of the molecule is CCCCOc1ccc(C2C(C(=O)OCC(C)C)=C(C)N=c3s/c(=C\c4cccc([N+](=O)[O-])c4)c(=O)n32)cc1OC. The number of hydrogen-bond donors (Lipinski definition) is 0. The average Bonchev–Trinajstić information content (AvgIpc) is 3.25. The number of aromatic nitrogens is 1. The molecule has 216 valence electrons. The number of allylic oxidation sites excluding steroid dienone is 1. The first-order valence-corrected chi connectivity index (χ1v) is 14.2. The second-order valence-electron chi connectivity index (χ2n) is 10.0. The van der Waals surface area contributed by atoms with Crippen LogP contribution in [0.25, 0.3) is 6.08 Å². The van der Waals surface area contributed by atoms with Crippen molar-refractivity contribution in [3.05, 3.63) is 94.7 Å². The van der Waals surface area contributed by atoms with E-state index >= 15 is 0 Å². The number of nitro benzene ring substituents is 1. The first-order valence-electron chi connectivity index (χ1n) is 13.4. The summed E-state index contributed by atoms with van der Waals surface area (Å²) < 4.78 is 18.9. The van der Waals surface area contributed by atoms with Crippen molar-refractivity contribution >= 4 is 29.1 Å². The predicted octanol–water partition coefficient (Wildman–Crippen LogP) is 4.53. The van der Waals surface area contributed by atoms with Gasteiger partial charge in [-0.15, -0.1) is 0 Å². The normalized spacial score (nSPS) is 15.0. The van der Waals surface area contributed by atoms with Gasteiger partial charge in [0.25, 0.3) is 11.2 Å². The first kappa shape index (κ1) is 29.7. The van der Waals surface area contributed by atoms with Crippen LogP contribution < -0.4 is 24.4 Å². The smallest absolute Gasteiger partial charge is 0.338 e. The summed E-state index contributed by atoms with van der Waals surface area (Å²) in [5, 5.41) is 11.3. The van der Waals surface area contributed by atoms with Gasteiger partial charge in [0.1, 0.15) is 0 Å². The van der Waals surface area contributed by atoms with Crippen LogP contribution in [0.2, 0.25) is 0 Å². The van der Waals surface area contributed by atoms with Crippen LogP contribution in [-0.4, -0.2) is 35.8 Å². The average molecular weight is 580 g/mol. The number of carbonyl (C=O) groups is 1. The van der Waals surface area contributed by atoms with Crippen molar-refractivity contribution in [3.8, 4) is 11.5 Å². The maximum absolute atomic E-state index is 13.9. The Kier molecular flexibility index (Phi) is 9.38. The van der Waals surface area contributed by atoms with Gasteiger partial charge in [0.15, 0.2) is 16.3 Å². The number of rotatable bonds is 11. The highest BCUT2D eigenvalue weighted by Crippen LogP contribution is 2.36. The van der Waals surface area contributed by atoms with E-state index in [0.717, 1.165) is 24.2 Å². The largest absolute Gasteiger partial charge is 0.493 e. The van der Waals surface area contributed by atoms with Crippen LogP contribution in [0.5, 0.6) is 11.5 Å². The lowest BCUT2D eigenvalue weighted by Gasteiger charge is -2.25. The third-order valence-corrected chi connectivity index (χ3v) is 7.41. The van der Waals surface area contributed by atoms with Gasteiger partial charge in [-0.05, 0) is 48.6 Å². The highest BCUT2D eigenvalue weighted by atomic mass is 32.1. The van der Waals surface area contributed by atoms with Crippen molar-refractivity contribution in [2.24, 2.45) is 10.9 Å². The Balaban J connectivity index is 1.88. The molecule has 0 spiro atoms. The fourth-order valence-electron chi connectivity index (χ4n) is 4.40. The molecule has 4 rings (SSSR count). The fraction of sp³-hybridized carbons (Fsp3) is 0.367. The number of non-ortho nitro benzene ring substituents is 1. The number of thiazole rings is 1. The van der Waals surface area contributed by atoms with Gasteiger partial charge >= 0.3 is 5.97 Å². The van der Waals surface area contributed by atoms with Gasteiger partial charge in [-0.2, -0.15) is 0 Å². The Morgan fingerprint density at radius 1 is 1.22 bits per heavy atom. The molecule has 0 saturated heterocycles. The summed E-state index contributed by atoms with van der Waals surface area (Å²) in [5.74, 6) is 0.600. The third kappa shape index (κ3) is 6.57. The monoisotopic (exact) mass is 579 g/mol. The standard InChI is InChI=1S/C30H33N3O7S/c1-6-7-13-39-23-12-11-21(16-24(23)38-5)27-26(29(35)40-17-18(2)3)19(4)31-30-32(27)28(34)25(41-30)15-20-9-8-10-22(14-20)33(36)37/h8-12,14-16,18,27H,6-7,13,17H2,1-5H3/b25-15-. The Labute approximate surface area is 241 Å². The molecule has 0 saturated carbocycles. The molecule has 2 heterocycles. The van der Waals surface area contributed by atoms with Crippen molar-refractivity contribution in [2.45, 2.75) is 46.6 Å². The zero-order chi connectivity index (χ0) is 29.7. The number of methoxy groups -OCH3 is 1. The third-order valence-electron chi connectivity index (χ3n) is 6.43. The summed E-state index contributed by atoms with van der Waals surface area (Å²) in [6.45, 7) is 8.43. The molecule has 1 unspecified atom stereocenters. The number of nitrogens with zero attached hydrogens (tertiary/aromatic N) is 3. The molecule has 10 nitrogen and oxygen atoms in total. The number of esters is 1. The molecular weight excluding hydrogens is 546 g/mol. The van der Waals surface area contributed by atoms with Gasteiger partial charge in [0.05, 0.1) is 47.1 Å². The molecule has 0 radical (unpaired) electrons. The van der Waals surface area contributed by atoms with Crippen molar-refractivity contribution in [2.75, 3.05) is 20.3 Å². The quantitative estimate of drug-likeness (QED) is 0.142. The molecule has 0 bridgehead atoms. The second-order valence-corrected chi connectivity index (χ2v) is 11.0. The first-order chi connectivity index (χ1) is 19.6. The molecule has 1 atom stereocenters. The van der Waals surface area contributed by atoms with E-state index in [2.05, 4.69) is 11.9 Å². The fourth-order valence-corrected chi connectivity index (χ4v) is 5.44. The van der Waals surface area contributed by atoms with E-state index in [0.29, 0.717) is 44.3 Å². The van der Waals surface area contributed by atoms with Gasteiger partial charge < -0.3 is 14.2 Å². The highest BCUT2D eigenvalue weighted by molar-refractivity contribution is 7.07. The minimum absolute atomic E-state index is 0.0798. The van der Waals surface area contributed by atoms with E-state index in [1.807, 2.05) is 13.8 Å². The van der Waals surface area contributed by atoms with E-state index in [1.54, 1.807) is 43.3 Å². The number of ether oxygens (including phenoxy) is 3. The lowest BCUT2D eigenvalue weighted by atomic mass is 9.95. The molecule has 0 amide bonds. The zero-order valence-corrected chi connectivity index (χ0v) is 24.5. The van der Waals surface area contributed by atoms with E-state index in [9.17, 15) is 19.7 Å². The van der Waals surface area contributed by atoms with Crippen LogP contribution in [0.1, 0.15) is 57.7 Å². The van der Waals surface area contributed by atoms with Crippen LogP contribution in [0, 0.1) is 16.0 Å². The number of benzene rings is 2. The summed E-state index contributed by atoms with van der Waals surface area (Å²) >= 11 is 1.15. The molecule has 0 fully saturated rings. The van der Waals surface area contributed by atoms with Crippen molar-refractivity contribution in [3.63, 3.8) is 0 Å². The maximum Gasteiger partial charge on any atom is 0.338 e.